The van der Waals surface area contributed by atoms with Crippen molar-refractivity contribution in [2.75, 3.05) is 4.90 Å². The number of nitrogens with zero attached hydrogens (tertiary/aromatic N) is 6. The monoisotopic (exact) mass is 424 g/mol. The van der Waals surface area contributed by atoms with Gasteiger partial charge in [0.2, 0.25) is 5.82 Å². The van der Waals surface area contributed by atoms with Crippen molar-refractivity contribution < 1.29 is 4.79 Å². The van der Waals surface area contributed by atoms with Gasteiger partial charge in [-0.25, -0.2) is 4.98 Å². The number of pyridine rings is 1. The van der Waals surface area contributed by atoms with E-state index in [4.69, 9.17) is 16.6 Å². The molecule has 5 rings (SSSR count). The molecular weight excluding hydrogens is 408 g/mol. The lowest BCUT2D eigenvalue weighted by Crippen LogP contribution is -2.33. The van der Waals surface area contributed by atoms with E-state index in [1.807, 2.05) is 41.8 Å². The fourth-order valence-corrected chi connectivity index (χ4v) is 4.99. The summed E-state index contributed by atoms with van der Waals surface area (Å²) in [6, 6.07) is 9.41. The summed E-state index contributed by atoms with van der Waals surface area (Å²) in [6.07, 6.45) is 3.54. The zero-order valence-electron chi connectivity index (χ0n) is 15.7. The molecule has 0 saturated carbocycles. The van der Waals surface area contributed by atoms with Crippen molar-refractivity contribution in [2.24, 2.45) is 0 Å². The summed E-state index contributed by atoms with van der Waals surface area (Å²) in [5.74, 6) is 0.986. The first-order chi connectivity index (χ1) is 14.1. The Balaban J connectivity index is 1.60. The third-order valence-corrected chi connectivity index (χ3v) is 6.21. The normalized spacial score (nSPS) is 13.0. The lowest BCUT2D eigenvalue weighted by molar-refractivity contribution is 0.0970. The lowest BCUT2D eigenvalue weighted by atomic mass is 10.2. The van der Waals surface area contributed by atoms with Gasteiger partial charge in [-0.2, -0.15) is 0 Å². The Bertz CT molecular complexity index is 1220. The Morgan fingerprint density at radius 3 is 3.03 bits per heavy atom. The number of amides is 1. The lowest BCUT2D eigenvalue weighted by Gasteiger charge is -2.19. The van der Waals surface area contributed by atoms with Gasteiger partial charge in [-0.15, -0.1) is 10.2 Å². The van der Waals surface area contributed by atoms with Crippen LogP contribution in [0.1, 0.15) is 34.1 Å². The van der Waals surface area contributed by atoms with Gasteiger partial charge in [0.05, 0.1) is 22.5 Å². The summed E-state index contributed by atoms with van der Waals surface area (Å²) in [5.41, 5.74) is 2.60. The molecule has 1 aromatic carbocycles. The minimum atomic E-state index is -0.223. The van der Waals surface area contributed by atoms with Gasteiger partial charge < -0.3 is 4.57 Å². The van der Waals surface area contributed by atoms with Crippen LogP contribution in [0.2, 0.25) is 5.02 Å². The largest absolute Gasteiger partial charge is 0.307 e. The third-order valence-electron chi connectivity index (χ3n) is 4.96. The van der Waals surface area contributed by atoms with Crippen LogP contribution in [0.4, 0.5) is 5.13 Å². The SMILES string of the molecule is Cc1cc(Cl)cc2sc(N(Cc3ccccn3)C(=O)c3nnc4n3CCC4)nc12. The number of aromatic nitrogens is 5. The fourth-order valence-electron chi connectivity index (χ4n) is 3.57. The number of aryl methyl sites for hydroxylation is 2. The molecule has 0 saturated heterocycles. The Hall–Kier alpha value is -2.84. The summed E-state index contributed by atoms with van der Waals surface area (Å²) >= 11 is 7.65. The van der Waals surface area contributed by atoms with E-state index in [9.17, 15) is 4.79 Å². The summed E-state index contributed by atoms with van der Waals surface area (Å²) in [7, 11) is 0. The van der Waals surface area contributed by atoms with Gasteiger partial charge in [0.15, 0.2) is 5.13 Å². The number of halogens is 1. The smallest absolute Gasteiger partial charge is 0.298 e. The van der Waals surface area contributed by atoms with Crippen molar-refractivity contribution in [1.82, 2.24) is 24.7 Å². The molecule has 1 amide bonds. The predicted molar refractivity (Wildman–Crippen MR) is 112 cm³/mol. The highest BCUT2D eigenvalue weighted by molar-refractivity contribution is 7.22. The van der Waals surface area contributed by atoms with Crippen LogP contribution in [0.15, 0.2) is 36.5 Å². The second kappa shape index (κ2) is 7.20. The molecule has 0 unspecified atom stereocenters. The van der Waals surface area contributed by atoms with E-state index in [1.165, 1.54) is 11.3 Å². The molecule has 0 spiro atoms. The Labute approximate surface area is 176 Å². The molecule has 4 aromatic rings. The molecule has 4 heterocycles. The number of carbonyl (C=O) groups is 1. The quantitative estimate of drug-likeness (QED) is 0.494. The van der Waals surface area contributed by atoms with Crippen molar-refractivity contribution in [3.8, 4) is 0 Å². The van der Waals surface area contributed by atoms with Crippen LogP contribution in [0.3, 0.4) is 0 Å². The molecule has 9 heteroatoms. The predicted octanol–water partition coefficient (Wildman–Crippen LogP) is 4.04. The van der Waals surface area contributed by atoms with Crippen LogP contribution in [0.5, 0.6) is 0 Å². The molecule has 0 radical (unpaired) electrons. The molecule has 0 aliphatic carbocycles. The number of fused-ring (bicyclic) bond motifs is 2. The number of rotatable bonds is 4. The van der Waals surface area contributed by atoms with Crippen molar-refractivity contribution in [1.29, 1.82) is 0 Å². The van der Waals surface area contributed by atoms with Gasteiger partial charge in [-0.05, 0) is 43.2 Å². The second-order valence-electron chi connectivity index (χ2n) is 6.97. The molecule has 29 heavy (non-hydrogen) atoms. The molecule has 0 fully saturated rings. The first-order valence-corrected chi connectivity index (χ1v) is 10.5. The number of hydrogen-bond donors (Lipinski definition) is 0. The number of thiazole rings is 1. The van der Waals surface area contributed by atoms with Gasteiger partial charge in [0.1, 0.15) is 5.82 Å². The highest BCUT2D eigenvalue weighted by Gasteiger charge is 2.29. The van der Waals surface area contributed by atoms with Crippen LogP contribution in [0.25, 0.3) is 10.2 Å². The van der Waals surface area contributed by atoms with E-state index in [0.717, 1.165) is 46.7 Å². The maximum atomic E-state index is 13.5. The topological polar surface area (TPSA) is 76.8 Å². The molecule has 7 nitrogen and oxygen atoms in total. The minimum absolute atomic E-state index is 0.223. The van der Waals surface area contributed by atoms with E-state index in [2.05, 4.69) is 15.2 Å². The van der Waals surface area contributed by atoms with Crippen molar-refractivity contribution in [3.05, 3.63) is 64.5 Å². The molecule has 146 valence electrons. The van der Waals surface area contributed by atoms with Gasteiger partial charge in [-0.3, -0.25) is 14.7 Å². The third kappa shape index (κ3) is 3.28. The van der Waals surface area contributed by atoms with Crippen molar-refractivity contribution in [2.45, 2.75) is 32.9 Å². The van der Waals surface area contributed by atoms with Gasteiger partial charge in [0.25, 0.3) is 5.91 Å². The summed E-state index contributed by atoms with van der Waals surface area (Å²) in [6.45, 7) is 3.03. The number of hydrogen-bond acceptors (Lipinski definition) is 6. The molecule has 0 N–H and O–H groups in total. The zero-order valence-corrected chi connectivity index (χ0v) is 17.2. The molecule has 1 aliphatic heterocycles. The molecule has 3 aromatic heterocycles. The standard InChI is InChI=1S/C20H17ClN6OS/c1-12-9-13(21)10-15-17(12)23-20(29-15)27(11-14-5-2-3-7-22-14)19(28)18-25-24-16-6-4-8-26(16)18/h2-3,5,7,9-10H,4,6,8,11H2,1H3. The summed E-state index contributed by atoms with van der Waals surface area (Å²) < 4.78 is 2.85. The average Bonchev–Trinajstić information content (AvgIpc) is 3.41. The van der Waals surface area contributed by atoms with E-state index in [0.29, 0.717) is 22.5 Å². The molecule has 1 aliphatic rings. The van der Waals surface area contributed by atoms with Gasteiger partial charge >= 0.3 is 0 Å². The first-order valence-electron chi connectivity index (χ1n) is 9.30. The van der Waals surface area contributed by atoms with E-state index >= 15 is 0 Å². The van der Waals surface area contributed by atoms with E-state index < -0.39 is 0 Å². The maximum Gasteiger partial charge on any atom is 0.298 e. The summed E-state index contributed by atoms with van der Waals surface area (Å²) in [4.78, 5) is 24.3. The number of anilines is 1. The average molecular weight is 425 g/mol. The van der Waals surface area contributed by atoms with Crippen molar-refractivity contribution in [3.63, 3.8) is 0 Å². The first kappa shape index (κ1) is 18.2. The van der Waals surface area contributed by atoms with Gasteiger partial charge in [0, 0.05) is 24.2 Å². The Kier molecular flexibility index (Phi) is 4.52. The highest BCUT2D eigenvalue weighted by atomic mass is 35.5. The summed E-state index contributed by atoms with van der Waals surface area (Å²) in [5, 5.41) is 9.60. The van der Waals surface area contributed by atoms with Crippen LogP contribution in [-0.2, 0) is 19.5 Å². The molecular formula is C20H17ClN6OS. The maximum absolute atomic E-state index is 13.5. The minimum Gasteiger partial charge on any atom is -0.307 e. The van der Waals surface area contributed by atoms with Crippen molar-refractivity contribution >= 4 is 44.2 Å². The van der Waals surface area contributed by atoms with Crippen LogP contribution in [-0.4, -0.2) is 30.6 Å². The number of carbonyl (C=O) groups excluding carboxylic acids is 1. The second-order valence-corrected chi connectivity index (χ2v) is 8.42. The molecule has 0 atom stereocenters. The zero-order chi connectivity index (χ0) is 20.0. The Morgan fingerprint density at radius 1 is 1.31 bits per heavy atom. The van der Waals surface area contributed by atoms with Crippen LogP contribution in [0, 0.1) is 6.92 Å². The van der Waals surface area contributed by atoms with Crippen LogP contribution >= 0.6 is 22.9 Å². The molecule has 0 bridgehead atoms. The van der Waals surface area contributed by atoms with Crippen LogP contribution < -0.4 is 4.90 Å². The van der Waals surface area contributed by atoms with Gasteiger partial charge in [-0.1, -0.05) is 29.0 Å². The van der Waals surface area contributed by atoms with E-state index in [1.54, 1.807) is 11.1 Å². The van der Waals surface area contributed by atoms with E-state index in [-0.39, 0.29) is 5.91 Å². The highest BCUT2D eigenvalue weighted by Crippen LogP contribution is 2.34. The Morgan fingerprint density at radius 2 is 2.21 bits per heavy atom. The fraction of sp³-hybridized carbons (Fsp3) is 0.250. The number of benzene rings is 1.